The van der Waals surface area contributed by atoms with Gasteiger partial charge in [-0.05, 0) is 19.9 Å². The molecule has 0 saturated heterocycles. The zero-order chi connectivity index (χ0) is 16.2. The van der Waals surface area contributed by atoms with Crippen molar-refractivity contribution in [1.29, 1.82) is 0 Å². The fourth-order valence-electron chi connectivity index (χ4n) is 2.26. The summed E-state index contributed by atoms with van der Waals surface area (Å²) < 4.78 is 6.63. The first-order valence-corrected chi connectivity index (χ1v) is 7.12. The van der Waals surface area contributed by atoms with Crippen molar-refractivity contribution in [3.8, 4) is 5.82 Å². The zero-order valence-electron chi connectivity index (χ0n) is 12.9. The van der Waals surface area contributed by atoms with Gasteiger partial charge in [-0.15, -0.1) is 0 Å². The van der Waals surface area contributed by atoms with Crippen LogP contribution in [0.4, 0.5) is 0 Å². The first kappa shape index (κ1) is 14.9. The van der Waals surface area contributed by atoms with Gasteiger partial charge < -0.3 is 9.84 Å². The summed E-state index contributed by atoms with van der Waals surface area (Å²) in [5.41, 5.74) is 2.41. The molecule has 0 aliphatic heterocycles. The van der Waals surface area contributed by atoms with Crippen molar-refractivity contribution in [1.82, 2.24) is 30.2 Å². The van der Waals surface area contributed by atoms with Gasteiger partial charge in [-0.1, -0.05) is 11.2 Å². The number of carbonyl (C=O) groups is 1. The van der Waals surface area contributed by atoms with Crippen LogP contribution in [0.1, 0.15) is 22.6 Å². The number of hydrogen-bond donors (Lipinski definition) is 1. The van der Waals surface area contributed by atoms with Gasteiger partial charge in [0.05, 0.1) is 12.1 Å². The van der Waals surface area contributed by atoms with Gasteiger partial charge in [-0.2, -0.15) is 5.10 Å². The van der Waals surface area contributed by atoms with Crippen LogP contribution in [0.25, 0.3) is 5.82 Å². The third-order valence-electron chi connectivity index (χ3n) is 3.50. The number of carbonyl (C=O) groups excluding carboxylic acids is 1. The van der Waals surface area contributed by atoms with Crippen molar-refractivity contribution < 1.29 is 9.32 Å². The highest BCUT2D eigenvalue weighted by atomic mass is 16.5. The van der Waals surface area contributed by atoms with Gasteiger partial charge in [0.25, 0.3) is 0 Å². The smallest absolute Gasteiger partial charge is 0.224 e. The molecule has 3 rings (SSSR count). The Labute approximate surface area is 132 Å². The zero-order valence-corrected chi connectivity index (χ0v) is 12.9. The first-order chi connectivity index (χ1) is 11.1. The molecule has 0 radical (unpaired) electrons. The molecule has 3 aromatic rings. The SMILES string of the molecule is Cc1noc(C)c1CC(=O)NCc1cccnc1-n1cncn1. The highest BCUT2D eigenvalue weighted by Gasteiger charge is 2.14. The number of nitrogens with one attached hydrogen (secondary N) is 1. The van der Waals surface area contributed by atoms with Crippen LogP contribution in [0.5, 0.6) is 0 Å². The Morgan fingerprint density at radius 3 is 2.96 bits per heavy atom. The van der Waals surface area contributed by atoms with Gasteiger partial charge in [0.1, 0.15) is 18.4 Å². The fraction of sp³-hybridized carbons (Fsp3) is 0.267. The molecular formula is C15H16N6O2. The van der Waals surface area contributed by atoms with E-state index in [-0.39, 0.29) is 12.3 Å². The van der Waals surface area contributed by atoms with Gasteiger partial charge in [0, 0.05) is 23.9 Å². The van der Waals surface area contributed by atoms with Gasteiger partial charge in [0.2, 0.25) is 5.91 Å². The second kappa shape index (κ2) is 6.39. The van der Waals surface area contributed by atoms with Crippen molar-refractivity contribution >= 4 is 5.91 Å². The van der Waals surface area contributed by atoms with Crippen LogP contribution >= 0.6 is 0 Å². The van der Waals surface area contributed by atoms with E-state index in [0.29, 0.717) is 18.1 Å². The molecule has 1 amide bonds. The Kier molecular flexibility index (Phi) is 4.13. The number of rotatable bonds is 5. The van der Waals surface area contributed by atoms with E-state index in [0.717, 1.165) is 16.8 Å². The van der Waals surface area contributed by atoms with E-state index >= 15 is 0 Å². The summed E-state index contributed by atoms with van der Waals surface area (Å²) in [6.07, 6.45) is 4.91. The van der Waals surface area contributed by atoms with Crippen molar-refractivity contribution in [3.05, 3.63) is 53.6 Å². The summed E-state index contributed by atoms with van der Waals surface area (Å²) in [5, 5.41) is 10.8. The minimum absolute atomic E-state index is 0.104. The van der Waals surface area contributed by atoms with E-state index in [4.69, 9.17) is 4.52 Å². The highest BCUT2D eigenvalue weighted by Crippen LogP contribution is 2.13. The van der Waals surface area contributed by atoms with Gasteiger partial charge >= 0.3 is 0 Å². The van der Waals surface area contributed by atoms with E-state index in [2.05, 4.69) is 25.5 Å². The maximum Gasteiger partial charge on any atom is 0.224 e. The lowest BCUT2D eigenvalue weighted by Crippen LogP contribution is -2.25. The molecule has 0 spiro atoms. The lowest BCUT2D eigenvalue weighted by molar-refractivity contribution is -0.120. The van der Waals surface area contributed by atoms with Crippen molar-refractivity contribution in [2.24, 2.45) is 0 Å². The molecule has 0 saturated carbocycles. The number of hydrogen-bond acceptors (Lipinski definition) is 6. The highest BCUT2D eigenvalue weighted by molar-refractivity contribution is 5.79. The topological polar surface area (TPSA) is 98.7 Å². The third-order valence-corrected chi connectivity index (χ3v) is 3.50. The van der Waals surface area contributed by atoms with Gasteiger partial charge in [0.15, 0.2) is 5.82 Å². The number of pyridine rings is 1. The molecule has 3 aromatic heterocycles. The molecule has 8 nitrogen and oxygen atoms in total. The van der Waals surface area contributed by atoms with Crippen LogP contribution in [-0.2, 0) is 17.8 Å². The molecule has 0 bridgehead atoms. The number of aromatic nitrogens is 5. The molecule has 0 fully saturated rings. The summed E-state index contributed by atoms with van der Waals surface area (Å²) in [5.74, 6) is 1.21. The largest absolute Gasteiger partial charge is 0.361 e. The summed E-state index contributed by atoms with van der Waals surface area (Å²) >= 11 is 0. The Bertz CT molecular complexity index is 790. The molecule has 0 aliphatic carbocycles. The van der Waals surface area contributed by atoms with E-state index in [1.165, 1.54) is 6.33 Å². The second-order valence-electron chi connectivity index (χ2n) is 5.08. The summed E-state index contributed by atoms with van der Waals surface area (Å²) in [6.45, 7) is 3.97. The molecule has 118 valence electrons. The van der Waals surface area contributed by atoms with E-state index < -0.39 is 0 Å². The van der Waals surface area contributed by atoms with Gasteiger partial charge in [-0.3, -0.25) is 4.79 Å². The lowest BCUT2D eigenvalue weighted by Gasteiger charge is -2.09. The Hall–Kier alpha value is -3.03. The predicted molar refractivity (Wildman–Crippen MR) is 80.7 cm³/mol. The predicted octanol–water partition coefficient (Wildman–Crippen LogP) is 1.13. The van der Waals surface area contributed by atoms with Crippen LogP contribution in [0.15, 0.2) is 35.5 Å². The van der Waals surface area contributed by atoms with Crippen molar-refractivity contribution in [3.63, 3.8) is 0 Å². The summed E-state index contributed by atoms with van der Waals surface area (Å²) in [7, 11) is 0. The molecule has 0 aliphatic rings. The molecule has 0 aromatic carbocycles. The minimum atomic E-state index is -0.104. The average Bonchev–Trinajstić information content (AvgIpc) is 3.19. The normalized spacial score (nSPS) is 10.7. The van der Waals surface area contributed by atoms with E-state index in [1.54, 1.807) is 24.1 Å². The quantitative estimate of drug-likeness (QED) is 0.758. The lowest BCUT2D eigenvalue weighted by atomic mass is 10.1. The minimum Gasteiger partial charge on any atom is -0.361 e. The Balaban J connectivity index is 1.68. The van der Waals surface area contributed by atoms with Crippen molar-refractivity contribution in [2.45, 2.75) is 26.8 Å². The third kappa shape index (κ3) is 3.25. The standard InChI is InChI=1S/C15H16N6O2/c1-10-13(11(2)23-20-10)6-14(22)18-7-12-4-3-5-17-15(12)21-9-16-8-19-21/h3-5,8-9H,6-7H2,1-2H3,(H,18,22). The number of nitrogens with zero attached hydrogens (tertiary/aromatic N) is 5. The van der Waals surface area contributed by atoms with Crippen LogP contribution in [-0.4, -0.2) is 30.8 Å². The number of amides is 1. The van der Waals surface area contributed by atoms with Crippen LogP contribution in [0, 0.1) is 13.8 Å². The number of aryl methyl sites for hydroxylation is 2. The average molecular weight is 312 g/mol. The monoisotopic (exact) mass is 312 g/mol. The maximum atomic E-state index is 12.2. The molecule has 0 atom stereocenters. The molecule has 8 heteroatoms. The molecule has 0 unspecified atom stereocenters. The van der Waals surface area contributed by atoms with E-state index in [9.17, 15) is 4.79 Å². The van der Waals surface area contributed by atoms with E-state index in [1.807, 2.05) is 19.1 Å². The van der Waals surface area contributed by atoms with Crippen LogP contribution in [0.2, 0.25) is 0 Å². The first-order valence-electron chi connectivity index (χ1n) is 7.12. The molecule has 23 heavy (non-hydrogen) atoms. The van der Waals surface area contributed by atoms with Crippen molar-refractivity contribution in [2.75, 3.05) is 0 Å². The second-order valence-corrected chi connectivity index (χ2v) is 5.08. The molecule has 3 heterocycles. The summed E-state index contributed by atoms with van der Waals surface area (Å²) in [6, 6.07) is 3.70. The maximum absolute atomic E-state index is 12.2. The molecule has 1 N–H and O–H groups in total. The molecular weight excluding hydrogens is 296 g/mol. The summed E-state index contributed by atoms with van der Waals surface area (Å²) in [4.78, 5) is 20.3. The van der Waals surface area contributed by atoms with Crippen LogP contribution < -0.4 is 5.32 Å². The van der Waals surface area contributed by atoms with Gasteiger partial charge in [-0.25, -0.2) is 14.6 Å². The fourth-order valence-corrected chi connectivity index (χ4v) is 2.26. The Morgan fingerprint density at radius 1 is 1.39 bits per heavy atom. The Morgan fingerprint density at radius 2 is 2.26 bits per heavy atom. The van der Waals surface area contributed by atoms with Crippen LogP contribution in [0.3, 0.4) is 0 Å².